The van der Waals surface area contributed by atoms with Crippen LogP contribution < -0.4 is 4.90 Å². The maximum atomic E-state index is 2.35. The zero-order chi connectivity index (χ0) is 27.2. The molecule has 0 spiro atoms. The van der Waals surface area contributed by atoms with E-state index in [9.17, 15) is 0 Å². The topological polar surface area (TPSA) is 3.24 Å². The van der Waals surface area contributed by atoms with E-state index in [2.05, 4.69) is 169 Å². The highest BCUT2D eigenvalue weighted by Crippen LogP contribution is 2.38. The molecule has 0 aromatic heterocycles. The van der Waals surface area contributed by atoms with Gasteiger partial charge in [-0.2, -0.15) is 0 Å². The molecule has 0 bridgehead atoms. The zero-order valence-electron chi connectivity index (χ0n) is 22.5. The number of fused-ring (bicyclic) bond motifs is 6. The van der Waals surface area contributed by atoms with Gasteiger partial charge in [0.1, 0.15) is 0 Å². The number of benzene rings is 8. The molecular formula is C40H27N. The molecule has 0 atom stereocenters. The minimum atomic E-state index is 1.13. The Bertz CT molecular complexity index is 2190. The fourth-order valence-corrected chi connectivity index (χ4v) is 6.14. The van der Waals surface area contributed by atoms with Crippen molar-refractivity contribution >= 4 is 60.2 Å². The van der Waals surface area contributed by atoms with E-state index in [-0.39, 0.29) is 0 Å². The van der Waals surface area contributed by atoms with Gasteiger partial charge in [-0.05, 0) is 96.7 Å². The molecule has 0 saturated heterocycles. The third-order valence-corrected chi connectivity index (χ3v) is 8.21. The van der Waals surface area contributed by atoms with Crippen LogP contribution in [0.4, 0.5) is 17.1 Å². The first-order chi connectivity index (χ1) is 20.3. The molecule has 8 aromatic carbocycles. The van der Waals surface area contributed by atoms with Gasteiger partial charge in [-0.25, -0.2) is 0 Å². The standard InChI is InChI=1S/C40H27N/c1-2-10-34(11-3-1)41(36-25-22-32-17-15-30-9-5-7-13-38(30)40(32)27-36)35-23-20-28(21-24-35)33-19-18-31-16-14-29-8-4-6-12-37(29)39(31)26-33/h1-27H. The Morgan fingerprint density at radius 1 is 0.268 bits per heavy atom. The molecule has 1 heteroatoms. The normalized spacial score (nSPS) is 11.4. The van der Waals surface area contributed by atoms with Gasteiger partial charge in [-0.15, -0.1) is 0 Å². The molecule has 0 aliphatic carbocycles. The summed E-state index contributed by atoms with van der Waals surface area (Å²) in [5.41, 5.74) is 5.85. The van der Waals surface area contributed by atoms with Crippen LogP contribution in [0, 0.1) is 0 Å². The van der Waals surface area contributed by atoms with Crippen LogP contribution in [-0.4, -0.2) is 0 Å². The van der Waals surface area contributed by atoms with E-state index in [1.54, 1.807) is 0 Å². The van der Waals surface area contributed by atoms with Crippen molar-refractivity contribution in [1.82, 2.24) is 0 Å². The van der Waals surface area contributed by atoms with E-state index in [4.69, 9.17) is 0 Å². The lowest BCUT2D eigenvalue weighted by atomic mass is 9.97. The molecular weight excluding hydrogens is 494 g/mol. The molecule has 0 heterocycles. The van der Waals surface area contributed by atoms with Gasteiger partial charge in [0.15, 0.2) is 0 Å². The second kappa shape index (κ2) is 9.66. The summed E-state index contributed by atoms with van der Waals surface area (Å²) in [6.45, 7) is 0. The molecule has 0 N–H and O–H groups in total. The van der Waals surface area contributed by atoms with Gasteiger partial charge >= 0.3 is 0 Å². The van der Waals surface area contributed by atoms with Crippen LogP contribution in [0.2, 0.25) is 0 Å². The van der Waals surface area contributed by atoms with Crippen LogP contribution >= 0.6 is 0 Å². The summed E-state index contributed by atoms with van der Waals surface area (Å²) in [5, 5.41) is 10.2. The first-order valence-electron chi connectivity index (χ1n) is 14.1. The van der Waals surface area contributed by atoms with Gasteiger partial charge < -0.3 is 4.90 Å². The average molecular weight is 522 g/mol. The number of para-hydroxylation sites is 1. The number of nitrogens with zero attached hydrogens (tertiary/aromatic N) is 1. The highest BCUT2D eigenvalue weighted by atomic mass is 15.1. The Kier molecular flexibility index (Phi) is 5.53. The Morgan fingerprint density at radius 2 is 0.707 bits per heavy atom. The fraction of sp³-hybridized carbons (Fsp3) is 0. The second-order valence-electron chi connectivity index (χ2n) is 10.6. The van der Waals surface area contributed by atoms with E-state index in [0.29, 0.717) is 0 Å². The molecule has 8 aromatic rings. The third kappa shape index (κ3) is 4.11. The predicted octanol–water partition coefficient (Wildman–Crippen LogP) is 11.4. The maximum absolute atomic E-state index is 2.35. The van der Waals surface area contributed by atoms with Crippen molar-refractivity contribution in [2.75, 3.05) is 4.90 Å². The van der Waals surface area contributed by atoms with Gasteiger partial charge in [0.05, 0.1) is 0 Å². The minimum absolute atomic E-state index is 1.13. The van der Waals surface area contributed by atoms with Crippen LogP contribution in [0.1, 0.15) is 0 Å². The van der Waals surface area contributed by atoms with Crippen LogP contribution in [0.15, 0.2) is 164 Å². The largest absolute Gasteiger partial charge is 0.310 e. The number of hydrogen-bond acceptors (Lipinski definition) is 1. The first kappa shape index (κ1) is 23.5. The smallest absolute Gasteiger partial charge is 0.0468 e. The highest BCUT2D eigenvalue weighted by molar-refractivity contribution is 6.10. The molecule has 8 rings (SSSR count). The van der Waals surface area contributed by atoms with E-state index >= 15 is 0 Å². The molecule has 0 aliphatic heterocycles. The number of hydrogen-bond donors (Lipinski definition) is 0. The van der Waals surface area contributed by atoms with Gasteiger partial charge in [0.2, 0.25) is 0 Å². The van der Waals surface area contributed by atoms with E-state index in [1.165, 1.54) is 54.2 Å². The van der Waals surface area contributed by atoms with Gasteiger partial charge in [0.25, 0.3) is 0 Å². The van der Waals surface area contributed by atoms with Gasteiger partial charge in [-0.3, -0.25) is 0 Å². The summed E-state index contributed by atoms with van der Waals surface area (Å²) in [6.07, 6.45) is 0. The summed E-state index contributed by atoms with van der Waals surface area (Å²) in [6, 6.07) is 59.3. The van der Waals surface area contributed by atoms with Crippen LogP contribution in [-0.2, 0) is 0 Å². The maximum Gasteiger partial charge on any atom is 0.0468 e. The van der Waals surface area contributed by atoms with E-state index in [0.717, 1.165) is 17.1 Å². The molecule has 0 aliphatic rings. The summed E-state index contributed by atoms with van der Waals surface area (Å²) < 4.78 is 0. The van der Waals surface area contributed by atoms with Crippen molar-refractivity contribution in [2.45, 2.75) is 0 Å². The quantitative estimate of drug-likeness (QED) is 0.208. The molecule has 192 valence electrons. The van der Waals surface area contributed by atoms with E-state index in [1.807, 2.05) is 0 Å². The van der Waals surface area contributed by atoms with E-state index < -0.39 is 0 Å². The van der Waals surface area contributed by atoms with Crippen molar-refractivity contribution in [2.24, 2.45) is 0 Å². The van der Waals surface area contributed by atoms with Crippen molar-refractivity contribution in [3.05, 3.63) is 164 Å². The monoisotopic (exact) mass is 521 g/mol. The Morgan fingerprint density at radius 3 is 1.37 bits per heavy atom. The van der Waals surface area contributed by atoms with Crippen molar-refractivity contribution < 1.29 is 0 Å². The second-order valence-corrected chi connectivity index (χ2v) is 10.6. The molecule has 0 amide bonds. The van der Waals surface area contributed by atoms with Crippen molar-refractivity contribution in [1.29, 1.82) is 0 Å². The Balaban J connectivity index is 1.24. The lowest BCUT2D eigenvalue weighted by molar-refractivity contribution is 1.29. The van der Waals surface area contributed by atoms with Crippen LogP contribution in [0.5, 0.6) is 0 Å². The van der Waals surface area contributed by atoms with Crippen molar-refractivity contribution in [3.8, 4) is 11.1 Å². The summed E-state index contributed by atoms with van der Waals surface area (Å²) in [7, 11) is 0. The van der Waals surface area contributed by atoms with Crippen LogP contribution in [0.3, 0.4) is 0 Å². The average Bonchev–Trinajstić information content (AvgIpc) is 3.05. The Hall–Kier alpha value is -5.40. The third-order valence-electron chi connectivity index (χ3n) is 8.21. The lowest BCUT2D eigenvalue weighted by Crippen LogP contribution is -2.09. The summed E-state index contributed by atoms with van der Waals surface area (Å²) >= 11 is 0. The minimum Gasteiger partial charge on any atom is -0.310 e. The van der Waals surface area contributed by atoms with Gasteiger partial charge in [-0.1, -0.05) is 121 Å². The number of rotatable bonds is 4. The van der Waals surface area contributed by atoms with Crippen LogP contribution in [0.25, 0.3) is 54.2 Å². The first-order valence-corrected chi connectivity index (χ1v) is 14.1. The zero-order valence-corrected chi connectivity index (χ0v) is 22.5. The molecule has 0 unspecified atom stereocenters. The summed E-state index contributed by atoms with van der Waals surface area (Å²) in [5.74, 6) is 0. The summed E-state index contributed by atoms with van der Waals surface area (Å²) in [4.78, 5) is 2.35. The lowest BCUT2D eigenvalue weighted by Gasteiger charge is -2.26. The molecule has 0 saturated carbocycles. The molecule has 1 nitrogen and oxygen atoms in total. The van der Waals surface area contributed by atoms with Gasteiger partial charge in [0, 0.05) is 17.1 Å². The Labute approximate surface area is 239 Å². The predicted molar refractivity (Wildman–Crippen MR) is 177 cm³/mol. The number of anilines is 3. The molecule has 0 radical (unpaired) electrons. The fourth-order valence-electron chi connectivity index (χ4n) is 6.14. The molecule has 0 fully saturated rings. The van der Waals surface area contributed by atoms with Crippen molar-refractivity contribution in [3.63, 3.8) is 0 Å². The molecule has 41 heavy (non-hydrogen) atoms. The SMILES string of the molecule is c1ccc(N(c2ccc(-c3ccc4ccc5ccccc5c4c3)cc2)c2ccc3ccc4ccccc4c3c2)cc1. The highest BCUT2D eigenvalue weighted by Gasteiger charge is 2.14.